The SMILES string of the molecule is CC(=O)c1ccc2oc3ccc(S(OS(=O)(=O)C(F)(F)C(F)(F)C(F)(F)C(F)(F)F)(c4ccccc4)c4ccccc4)cc3c(=O)c2c1. The van der Waals surface area contributed by atoms with Gasteiger partial charge >= 0.3 is 33.4 Å². The van der Waals surface area contributed by atoms with Crippen molar-refractivity contribution < 1.29 is 60.8 Å². The van der Waals surface area contributed by atoms with Gasteiger partial charge in [-0.25, -0.2) is 3.63 Å². The van der Waals surface area contributed by atoms with E-state index in [4.69, 9.17) is 8.05 Å². The summed E-state index contributed by atoms with van der Waals surface area (Å²) in [6.45, 7) is 1.22. The molecule has 17 heteroatoms. The first kappa shape index (κ1) is 35.0. The van der Waals surface area contributed by atoms with Crippen molar-refractivity contribution in [1.82, 2.24) is 0 Å². The van der Waals surface area contributed by atoms with Crippen molar-refractivity contribution in [1.29, 1.82) is 0 Å². The predicted molar refractivity (Wildman–Crippen MR) is 156 cm³/mol. The normalized spacial score (nSPS) is 14.0. The smallest absolute Gasteiger partial charge is 0.456 e. The number of carbonyl (C=O) groups excluding carboxylic acids is 1. The van der Waals surface area contributed by atoms with E-state index in [0.29, 0.717) is 0 Å². The van der Waals surface area contributed by atoms with Crippen LogP contribution in [-0.2, 0) is 13.7 Å². The number of benzene rings is 4. The van der Waals surface area contributed by atoms with Gasteiger partial charge in [0, 0.05) is 20.2 Å². The second kappa shape index (κ2) is 11.7. The van der Waals surface area contributed by atoms with Crippen molar-refractivity contribution in [3.8, 4) is 0 Å². The quantitative estimate of drug-likeness (QED) is 0.0857. The molecule has 0 amide bonds. The summed E-state index contributed by atoms with van der Waals surface area (Å²) in [6.07, 6.45) is -7.30. The van der Waals surface area contributed by atoms with Crippen molar-refractivity contribution in [2.24, 2.45) is 0 Å². The van der Waals surface area contributed by atoms with Gasteiger partial charge in [-0.1, -0.05) is 36.4 Å². The Morgan fingerprint density at radius 1 is 0.646 bits per heavy atom. The van der Waals surface area contributed by atoms with Gasteiger partial charge in [-0.05, 0) is 77.9 Å². The second-order valence-corrected chi connectivity index (χ2v) is 14.7. The van der Waals surface area contributed by atoms with Gasteiger partial charge in [-0.2, -0.15) is 47.9 Å². The number of carbonyl (C=O) groups is 1. The molecule has 254 valence electrons. The topological polar surface area (TPSA) is 90.7 Å². The van der Waals surface area contributed by atoms with Gasteiger partial charge in [0.2, 0.25) is 5.43 Å². The van der Waals surface area contributed by atoms with Crippen molar-refractivity contribution in [2.75, 3.05) is 0 Å². The zero-order valence-corrected chi connectivity index (χ0v) is 25.5. The minimum atomic E-state index is -7.56. The van der Waals surface area contributed by atoms with E-state index in [1.807, 2.05) is 0 Å². The summed E-state index contributed by atoms with van der Waals surface area (Å²) in [4.78, 5) is 24.5. The number of alkyl halides is 9. The second-order valence-electron chi connectivity index (χ2n) is 10.2. The maximum atomic E-state index is 15.2. The fourth-order valence-electron chi connectivity index (χ4n) is 4.68. The molecule has 0 N–H and O–H groups in total. The number of rotatable bonds is 9. The fourth-order valence-corrected chi connectivity index (χ4v) is 9.92. The van der Waals surface area contributed by atoms with Crippen LogP contribution in [0.2, 0.25) is 0 Å². The Hall–Kier alpha value is -4.35. The van der Waals surface area contributed by atoms with Gasteiger partial charge in [0.05, 0.1) is 10.8 Å². The fraction of sp³-hybridized carbons (Fsp3) is 0.161. The maximum absolute atomic E-state index is 15.2. The van der Waals surface area contributed by atoms with Gasteiger partial charge in [-0.3, -0.25) is 9.59 Å². The molecule has 0 aliphatic rings. The van der Waals surface area contributed by atoms with Crippen molar-refractivity contribution in [2.45, 2.75) is 44.9 Å². The zero-order valence-electron chi connectivity index (χ0n) is 23.9. The number of fused-ring (bicyclic) bond motifs is 2. The van der Waals surface area contributed by atoms with Crippen LogP contribution in [0, 0.1) is 0 Å². The average molecular weight is 723 g/mol. The standard InChI is InChI=1S/C31H19F9O6S2/c1-18(41)19-12-14-25-23(16-19)27(42)24-17-22(13-15-26(24)45-25)47(20-8-4-2-5-9-20,21-10-6-3-7-11-21)46-48(43,44)31(39,40)29(34,35)28(32,33)30(36,37)38/h2-17H,1H3. The van der Waals surface area contributed by atoms with E-state index in [9.17, 15) is 48.7 Å². The first-order valence-corrected chi connectivity index (χ1v) is 16.3. The highest BCUT2D eigenvalue weighted by Gasteiger charge is 2.86. The number of hydrogen-bond acceptors (Lipinski definition) is 6. The number of hydrogen-bond donors (Lipinski definition) is 0. The zero-order chi connectivity index (χ0) is 35.5. The van der Waals surface area contributed by atoms with Gasteiger partial charge in [0.1, 0.15) is 11.2 Å². The van der Waals surface area contributed by atoms with Crippen LogP contribution in [0.25, 0.3) is 21.9 Å². The number of ketones is 1. The molecule has 0 aliphatic heterocycles. The molecule has 5 aromatic rings. The molecule has 4 aromatic carbocycles. The average Bonchev–Trinajstić information content (AvgIpc) is 3.03. The van der Waals surface area contributed by atoms with Gasteiger partial charge in [0.25, 0.3) is 0 Å². The van der Waals surface area contributed by atoms with Crippen LogP contribution in [-0.4, -0.2) is 37.5 Å². The van der Waals surface area contributed by atoms with E-state index in [2.05, 4.69) is 0 Å². The first-order chi connectivity index (χ1) is 22.2. The third kappa shape index (κ3) is 5.33. The molecule has 6 nitrogen and oxygen atoms in total. The Kier molecular flexibility index (Phi) is 8.50. The maximum Gasteiger partial charge on any atom is 0.460 e. The monoisotopic (exact) mass is 722 g/mol. The Morgan fingerprint density at radius 3 is 1.60 bits per heavy atom. The molecule has 0 radical (unpaired) electrons. The molecule has 0 saturated heterocycles. The molecular formula is C31H19F9O6S2. The predicted octanol–water partition coefficient (Wildman–Crippen LogP) is 9.12. The van der Waals surface area contributed by atoms with Crippen LogP contribution in [0.3, 0.4) is 0 Å². The Balaban J connectivity index is 1.85. The Bertz CT molecular complexity index is 2160. The summed E-state index contributed by atoms with van der Waals surface area (Å²) in [5.41, 5.74) is -0.839. The molecule has 0 spiro atoms. The highest BCUT2D eigenvalue weighted by Crippen LogP contribution is 2.71. The van der Waals surface area contributed by atoms with Crippen molar-refractivity contribution >= 4 is 48.1 Å². The van der Waals surface area contributed by atoms with E-state index in [-0.39, 0.29) is 37.3 Å². The van der Waals surface area contributed by atoms with Gasteiger partial charge < -0.3 is 4.42 Å². The molecule has 0 fully saturated rings. The Labute approximate surface area is 266 Å². The third-order valence-electron chi connectivity index (χ3n) is 7.15. The van der Waals surface area contributed by atoms with Crippen LogP contribution in [0.1, 0.15) is 17.3 Å². The van der Waals surface area contributed by atoms with E-state index in [1.54, 1.807) is 0 Å². The third-order valence-corrected chi connectivity index (χ3v) is 12.4. The molecule has 0 saturated carbocycles. The van der Waals surface area contributed by atoms with Gasteiger partial charge in [0.15, 0.2) is 5.78 Å². The molecule has 0 atom stereocenters. The lowest BCUT2D eigenvalue weighted by Crippen LogP contribution is -2.63. The summed E-state index contributed by atoms with van der Waals surface area (Å²) in [6, 6.07) is 19.2. The van der Waals surface area contributed by atoms with E-state index in [0.717, 1.165) is 42.5 Å². The summed E-state index contributed by atoms with van der Waals surface area (Å²) in [7, 11) is -11.8. The van der Waals surface area contributed by atoms with Gasteiger partial charge in [-0.15, -0.1) is 0 Å². The van der Waals surface area contributed by atoms with E-state index >= 15 is 8.78 Å². The minimum absolute atomic E-state index is 0.0151. The highest BCUT2D eigenvalue weighted by atomic mass is 32.3. The summed E-state index contributed by atoms with van der Waals surface area (Å²) >= 11 is 0. The van der Waals surface area contributed by atoms with E-state index in [1.165, 1.54) is 61.5 Å². The van der Waals surface area contributed by atoms with E-state index < -0.39 is 59.8 Å². The molecule has 5 rings (SSSR count). The van der Waals surface area contributed by atoms with Crippen LogP contribution in [0.15, 0.2) is 121 Å². The molecular weight excluding hydrogens is 703 g/mol. The van der Waals surface area contributed by atoms with Crippen molar-refractivity contribution in [3.05, 3.63) is 113 Å². The van der Waals surface area contributed by atoms with Crippen LogP contribution in [0.5, 0.6) is 0 Å². The van der Waals surface area contributed by atoms with Crippen LogP contribution in [0.4, 0.5) is 39.5 Å². The molecule has 48 heavy (non-hydrogen) atoms. The minimum Gasteiger partial charge on any atom is -0.456 e. The lowest BCUT2D eigenvalue weighted by Gasteiger charge is -2.41. The summed E-state index contributed by atoms with van der Waals surface area (Å²) in [5.74, 6) is -15.5. The lowest BCUT2D eigenvalue weighted by atomic mass is 10.1. The highest BCUT2D eigenvalue weighted by molar-refractivity contribution is 8.33. The summed E-state index contributed by atoms with van der Waals surface area (Å²) < 4.78 is 163. The molecule has 1 aromatic heterocycles. The lowest BCUT2D eigenvalue weighted by molar-refractivity contribution is -0.382. The number of halogens is 9. The summed E-state index contributed by atoms with van der Waals surface area (Å²) in [5, 5.41) is -7.65. The first-order valence-electron chi connectivity index (χ1n) is 13.3. The number of Topliss-reactive ketones (excluding diaryl/α,β-unsaturated/α-hetero) is 1. The van der Waals surface area contributed by atoms with Crippen LogP contribution < -0.4 is 5.43 Å². The Morgan fingerprint density at radius 2 is 1.12 bits per heavy atom. The molecule has 0 unspecified atom stereocenters. The largest absolute Gasteiger partial charge is 0.460 e. The molecule has 0 aliphatic carbocycles. The van der Waals surface area contributed by atoms with Crippen molar-refractivity contribution in [3.63, 3.8) is 0 Å². The molecule has 1 heterocycles. The van der Waals surface area contributed by atoms with Crippen LogP contribution >= 0.6 is 10.3 Å². The molecule has 0 bridgehead atoms.